The molecule has 5 nitrogen and oxygen atoms in total. The first-order valence-corrected chi connectivity index (χ1v) is 10.6. The molecule has 3 rings (SSSR count). The summed E-state index contributed by atoms with van der Waals surface area (Å²) in [5, 5.41) is 2.92. The lowest BCUT2D eigenvalue weighted by atomic mass is 10.1. The number of carbonyl (C=O) groups is 1. The average Bonchev–Trinajstić information content (AvgIpc) is 2.67. The molecule has 0 aromatic heterocycles. The summed E-state index contributed by atoms with van der Waals surface area (Å²) in [4.78, 5) is 11.2. The van der Waals surface area contributed by atoms with Gasteiger partial charge in [-0.2, -0.15) is 4.31 Å². The highest BCUT2D eigenvalue weighted by Crippen LogP contribution is 2.25. The van der Waals surface area contributed by atoms with Crippen LogP contribution in [0.3, 0.4) is 0 Å². The molecule has 0 bridgehead atoms. The van der Waals surface area contributed by atoms with Crippen molar-refractivity contribution in [3.8, 4) is 0 Å². The molecule has 0 atom stereocenters. The van der Waals surface area contributed by atoms with E-state index in [1.807, 2.05) is 30.3 Å². The molecule has 8 heteroatoms. The summed E-state index contributed by atoms with van der Waals surface area (Å²) < 4.78 is 54.0. The van der Waals surface area contributed by atoms with Gasteiger partial charge in [-0.15, -0.1) is 0 Å². The highest BCUT2D eigenvalue weighted by molar-refractivity contribution is 7.89. The summed E-state index contributed by atoms with van der Waals surface area (Å²) in [7, 11) is -4.25. The second-order valence-corrected chi connectivity index (χ2v) is 8.66. The fraction of sp³-hybridized carbons (Fsp3) is 0.350. The number of amides is 1. The second kappa shape index (κ2) is 8.79. The summed E-state index contributed by atoms with van der Waals surface area (Å²) >= 11 is 0. The van der Waals surface area contributed by atoms with E-state index in [1.54, 1.807) is 0 Å². The van der Waals surface area contributed by atoms with Gasteiger partial charge in [-0.3, -0.25) is 4.79 Å². The number of sulfonamides is 1. The Balaban J connectivity index is 1.53. The highest BCUT2D eigenvalue weighted by atomic mass is 32.2. The Bertz CT molecular complexity index is 907. The van der Waals surface area contributed by atoms with Gasteiger partial charge in [0.1, 0.15) is 11.6 Å². The van der Waals surface area contributed by atoms with Gasteiger partial charge in [0, 0.05) is 25.6 Å². The molecule has 0 radical (unpaired) electrons. The number of piperidine rings is 1. The lowest BCUT2D eigenvalue weighted by Crippen LogP contribution is -2.46. The SMILES string of the molecule is O=C(CCc1ccccc1)NC1CCN(S(=O)(=O)c2c(F)cccc2F)CC1. The van der Waals surface area contributed by atoms with Gasteiger partial charge >= 0.3 is 0 Å². The zero-order chi connectivity index (χ0) is 20.1. The molecule has 1 amide bonds. The van der Waals surface area contributed by atoms with Crippen molar-refractivity contribution in [1.82, 2.24) is 9.62 Å². The predicted octanol–water partition coefficient (Wildman–Crippen LogP) is 2.87. The summed E-state index contributed by atoms with van der Waals surface area (Å²) in [6.45, 7) is 0.194. The zero-order valence-electron chi connectivity index (χ0n) is 15.3. The maximum Gasteiger partial charge on any atom is 0.248 e. The maximum absolute atomic E-state index is 13.9. The first kappa shape index (κ1) is 20.4. The van der Waals surface area contributed by atoms with Gasteiger partial charge in [-0.1, -0.05) is 36.4 Å². The van der Waals surface area contributed by atoms with Gasteiger partial charge in [0.2, 0.25) is 15.9 Å². The topological polar surface area (TPSA) is 66.5 Å². The lowest BCUT2D eigenvalue weighted by Gasteiger charge is -2.31. The van der Waals surface area contributed by atoms with Crippen molar-refractivity contribution in [1.29, 1.82) is 0 Å². The van der Waals surface area contributed by atoms with Crippen molar-refractivity contribution in [2.45, 2.75) is 36.6 Å². The molecule has 2 aromatic rings. The van der Waals surface area contributed by atoms with Crippen molar-refractivity contribution in [2.24, 2.45) is 0 Å². The molecule has 2 aromatic carbocycles. The van der Waals surface area contributed by atoms with Crippen molar-refractivity contribution in [3.63, 3.8) is 0 Å². The molecule has 0 saturated carbocycles. The van der Waals surface area contributed by atoms with E-state index in [2.05, 4.69) is 5.32 Å². The number of nitrogens with one attached hydrogen (secondary N) is 1. The molecule has 1 aliphatic heterocycles. The number of benzene rings is 2. The highest BCUT2D eigenvalue weighted by Gasteiger charge is 2.33. The second-order valence-electron chi connectivity index (χ2n) is 6.78. The van der Waals surface area contributed by atoms with Crippen LogP contribution >= 0.6 is 0 Å². The molecule has 1 fully saturated rings. The fourth-order valence-electron chi connectivity index (χ4n) is 3.30. The first-order valence-electron chi connectivity index (χ1n) is 9.15. The molecule has 1 saturated heterocycles. The molecule has 28 heavy (non-hydrogen) atoms. The third-order valence-corrected chi connectivity index (χ3v) is 6.77. The average molecular weight is 408 g/mol. The van der Waals surface area contributed by atoms with Crippen LogP contribution in [0.25, 0.3) is 0 Å². The van der Waals surface area contributed by atoms with Gasteiger partial charge in [0.15, 0.2) is 4.90 Å². The van der Waals surface area contributed by atoms with Crippen molar-refractivity contribution in [3.05, 3.63) is 65.7 Å². The third-order valence-electron chi connectivity index (χ3n) is 4.82. The number of halogens is 2. The van der Waals surface area contributed by atoms with E-state index in [0.717, 1.165) is 28.1 Å². The molecular weight excluding hydrogens is 386 g/mol. The molecule has 1 heterocycles. The van der Waals surface area contributed by atoms with Crippen molar-refractivity contribution in [2.75, 3.05) is 13.1 Å². The Morgan fingerprint density at radius 1 is 1.00 bits per heavy atom. The summed E-state index contributed by atoms with van der Waals surface area (Å²) in [5.41, 5.74) is 1.07. The van der Waals surface area contributed by atoms with E-state index in [0.29, 0.717) is 25.7 Å². The van der Waals surface area contributed by atoms with E-state index in [9.17, 15) is 22.0 Å². The Labute approximate surface area is 163 Å². The van der Waals surface area contributed by atoms with Crippen molar-refractivity contribution >= 4 is 15.9 Å². The standard InChI is InChI=1S/C20H22F2N2O3S/c21-17-7-4-8-18(22)20(17)28(26,27)24-13-11-16(12-14-24)23-19(25)10-9-15-5-2-1-3-6-15/h1-8,16H,9-14H2,(H,23,25). The molecule has 0 unspecified atom stereocenters. The third kappa shape index (κ3) is 4.74. The fourth-order valence-corrected chi connectivity index (χ4v) is 4.88. The smallest absolute Gasteiger partial charge is 0.248 e. The minimum atomic E-state index is -4.25. The molecule has 1 aliphatic rings. The van der Waals surface area contributed by atoms with Crippen LogP contribution in [0.4, 0.5) is 8.78 Å². The van der Waals surface area contributed by atoms with Gasteiger partial charge in [-0.25, -0.2) is 17.2 Å². The van der Waals surface area contributed by atoms with Crippen LogP contribution in [-0.4, -0.2) is 37.8 Å². The van der Waals surface area contributed by atoms with Gasteiger partial charge in [0.25, 0.3) is 0 Å². The van der Waals surface area contributed by atoms with Crippen LogP contribution in [-0.2, 0) is 21.2 Å². The minimum absolute atomic E-state index is 0.0923. The largest absolute Gasteiger partial charge is 0.353 e. The summed E-state index contributed by atoms with van der Waals surface area (Å²) in [6.07, 6.45) is 1.77. The number of rotatable bonds is 6. The molecular formula is C20H22F2N2O3S. The Kier molecular flexibility index (Phi) is 6.41. The van der Waals surface area contributed by atoms with Gasteiger partial charge in [-0.05, 0) is 37.0 Å². The van der Waals surface area contributed by atoms with E-state index >= 15 is 0 Å². The van der Waals surface area contributed by atoms with E-state index in [-0.39, 0.29) is 25.0 Å². The summed E-state index contributed by atoms with van der Waals surface area (Å²) in [5.74, 6) is -2.29. The Morgan fingerprint density at radius 3 is 2.21 bits per heavy atom. The van der Waals surface area contributed by atoms with E-state index in [4.69, 9.17) is 0 Å². The number of carbonyl (C=O) groups excluding carboxylic acids is 1. The van der Waals surface area contributed by atoms with Crippen LogP contribution < -0.4 is 5.32 Å². The molecule has 1 N–H and O–H groups in total. The van der Waals surface area contributed by atoms with Crippen LogP contribution in [0.2, 0.25) is 0 Å². The van der Waals surface area contributed by atoms with E-state index < -0.39 is 26.6 Å². The monoisotopic (exact) mass is 408 g/mol. The van der Waals surface area contributed by atoms with Crippen LogP contribution in [0.1, 0.15) is 24.8 Å². The van der Waals surface area contributed by atoms with Gasteiger partial charge in [0.05, 0.1) is 0 Å². The quantitative estimate of drug-likeness (QED) is 0.799. The number of hydrogen-bond acceptors (Lipinski definition) is 3. The maximum atomic E-state index is 13.9. The molecule has 150 valence electrons. The predicted molar refractivity (Wildman–Crippen MR) is 101 cm³/mol. The number of hydrogen-bond donors (Lipinski definition) is 1. The van der Waals surface area contributed by atoms with Crippen LogP contribution in [0, 0.1) is 11.6 Å². The Hall–Kier alpha value is -2.32. The lowest BCUT2D eigenvalue weighted by molar-refractivity contribution is -0.122. The number of nitrogens with zero attached hydrogens (tertiary/aromatic N) is 1. The van der Waals surface area contributed by atoms with Crippen LogP contribution in [0.15, 0.2) is 53.4 Å². The molecule has 0 spiro atoms. The summed E-state index contributed by atoms with van der Waals surface area (Å²) in [6, 6.07) is 12.5. The molecule has 0 aliphatic carbocycles. The van der Waals surface area contributed by atoms with Gasteiger partial charge < -0.3 is 5.32 Å². The normalized spacial score (nSPS) is 16.1. The minimum Gasteiger partial charge on any atom is -0.353 e. The first-order chi connectivity index (χ1) is 13.4. The Morgan fingerprint density at radius 2 is 1.61 bits per heavy atom. The van der Waals surface area contributed by atoms with Crippen molar-refractivity contribution < 1.29 is 22.0 Å². The van der Waals surface area contributed by atoms with Crippen LogP contribution in [0.5, 0.6) is 0 Å². The number of aryl methyl sites for hydroxylation is 1. The van der Waals surface area contributed by atoms with E-state index in [1.165, 1.54) is 0 Å². The zero-order valence-corrected chi connectivity index (χ0v) is 16.1.